The molecular formula is C10H18N4O3. The van der Waals surface area contributed by atoms with E-state index in [1.54, 1.807) is 20.8 Å². The lowest BCUT2D eigenvalue weighted by Crippen LogP contribution is -2.46. The summed E-state index contributed by atoms with van der Waals surface area (Å²) in [6.45, 7) is 3.33. The lowest BCUT2D eigenvalue weighted by molar-refractivity contribution is 0.0687. The first-order chi connectivity index (χ1) is 8.75. The van der Waals surface area contributed by atoms with Gasteiger partial charge in [-0.1, -0.05) is 0 Å². The zero-order chi connectivity index (χ0) is 15.9. The van der Waals surface area contributed by atoms with Crippen molar-refractivity contribution in [1.82, 2.24) is 20.1 Å². The van der Waals surface area contributed by atoms with E-state index >= 15 is 0 Å². The summed E-state index contributed by atoms with van der Waals surface area (Å²) in [4.78, 5) is 25.5. The maximum absolute atomic E-state index is 11.8. The van der Waals surface area contributed by atoms with Gasteiger partial charge in [0.05, 0.1) is 0 Å². The van der Waals surface area contributed by atoms with E-state index in [2.05, 4.69) is 15.4 Å². The fraction of sp³-hybridized carbons (Fsp3) is 0.700. The van der Waals surface area contributed by atoms with Crippen molar-refractivity contribution in [2.45, 2.75) is 45.7 Å². The summed E-state index contributed by atoms with van der Waals surface area (Å²) in [6, 6.07) is -0.814. The molecule has 96 valence electrons. The van der Waals surface area contributed by atoms with E-state index in [1.807, 2.05) is 0 Å². The van der Waals surface area contributed by atoms with E-state index in [0.29, 0.717) is 4.68 Å². The first kappa shape index (κ1) is 9.41. The number of aromatic nitrogens is 3. The molecule has 1 aromatic rings. The fourth-order valence-corrected chi connectivity index (χ4v) is 1.06. The van der Waals surface area contributed by atoms with Crippen LogP contribution in [0.5, 0.6) is 0 Å². The molecule has 0 spiro atoms. The van der Waals surface area contributed by atoms with Crippen molar-refractivity contribution in [1.29, 1.82) is 0 Å². The molecule has 0 saturated heterocycles. The zero-order valence-corrected chi connectivity index (χ0v) is 10.2. The van der Waals surface area contributed by atoms with Crippen LogP contribution in [-0.2, 0) is 5.60 Å². The molecule has 7 nitrogen and oxygen atoms in total. The molecule has 1 aromatic heterocycles. The molecule has 17 heavy (non-hydrogen) atoms. The number of nitrogens with zero attached hydrogens (tertiary/aromatic N) is 2. The third kappa shape index (κ3) is 3.42. The van der Waals surface area contributed by atoms with Gasteiger partial charge in [0.1, 0.15) is 5.60 Å². The standard InChI is InChI=1S/C10H18N4O3/c1-9(2,3)12-8(16)14-7(15)11-6(13-14)10(4,5)17/h17H,1-5H3,(H,12,16)(H,11,13,15)/i4D3. The summed E-state index contributed by atoms with van der Waals surface area (Å²) in [6.07, 6.45) is 0. The third-order valence-electron chi connectivity index (χ3n) is 1.75. The van der Waals surface area contributed by atoms with Crippen LogP contribution in [0.1, 0.15) is 44.5 Å². The van der Waals surface area contributed by atoms with Gasteiger partial charge in [-0.15, -0.1) is 9.78 Å². The highest BCUT2D eigenvalue weighted by Gasteiger charge is 2.25. The SMILES string of the molecule is [2H]C([2H])([2H])C(C)(O)c1nn(C(=O)NC(C)(C)C)c(=O)[nH]1. The molecule has 0 radical (unpaired) electrons. The zero-order valence-electron chi connectivity index (χ0n) is 13.2. The summed E-state index contributed by atoms with van der Waals surface area (Å²) in [7, 11) is 0. The molecule has 7 heteroatoms. The Hall–Kier alpha value is -1.63. The Kier molecular flexibility index (Phi) is 2.21. The number of carbonyl (C=O) groups is 1. The molecule has 1 rings (SSSR count). The van der Waals surface area contributed by atoms with Crippen molar-refractivity contribution >= 4 is 6.03 Å². The minimum Gasteiger partial charge on any atom is -0.382 e. The molecule has 0 fully saturated rings. The average molecular weight is 245 g/mol. The molecule has 0 aliphatic carbocycles. The number of H-pyrrole nitrogens is 1. The van der Waals surface area contributed by atoms with E-state index in [-0.39, 0.29) is 0 Å². The first-order valence-electron chi connectivity index (χ1n) is 6.50. The molecule has 3 N–H and O–H groups in total. The molecule has 0 aliphatic rings. The Balaban J connectivity index is 3.18. The molecule has 0 bridgehead atoms. The van der Waals surface area contributed by atoms with Crippen LogP contribution >= 0.6 is 0 Å². The predicted octanol–water partition coefficient (Wildman–Crippen LogP) is 0.155. The molecule has 1 amide bonds. The van der Waals surface area contributed by atoms with Gasteiger partial charge in [-0.2, -0.15) is 0 Å². The number of amides is 1. The van der Waals surface area contributed by atoms with E-state index in [4.69, 9.17) is 4.11 Å². The topological polar surface area (TPSA) is 100 Å². The van der Waals surface area contributed by atoms with Crippen molar-refractivity contribution in [3.63, 3.8) is 0 Å². The highest BCUT2D eigenvalue weighted by molar-refractivity contribution is 5.76. The third-order valence-corrected chi connectivity index (χ3v) is 1.75. The van der Waals surface area contributed by atoms with Gasteiger partial charge in [-0.05, 0) is 34.5 Å². The number of aliphatic hydroxyl groups is 1. The van der Waals surface area contributed by atoms with Crippen LogP contribution in [0.25, 0.3) is 0 Å². The number of rotatable bonds is 1. The van der Waals surface area contributed by atoms with Crippen molar-refractivity contribution in [3.05, 3.63) is 16.3 Å². The quantitative estimate of drug-likeness (QED) is 0.656. The van der Waals surface area contributed by atoms with Crippen molar-refractivity contribution in [2.75, 3.05) is 0 Å². The van der Waals surface area contributed by atoms with Gasteiger partial charge in [0, 0.05) is 9.65 Å². The van der Waals surface area contributed by atoms with E-state index in [0.717, 1.165) is 6.92 Å². The number of hydrogen-bond acceptors (Lipinski definition) is 4. The van der Waals surface area contributed by atoms with Crippen LogP contribution in [-0.4, -0.2) is 31.4 Å². The number of nitrogens with one attached hydrogen (secondary N) is 2. The van der Waals surface area contributed by atoms with Gasteiger partial charge in [-0.3, -0.25) is 4.98 Å². The van der Waals surface area contributed by atoms with Crippen LogP contribution in [0.2, 0.25) is 0 Å². The van der Waals surface area contributed by atoms with Crippen LogP contribution < -0.4 is 11.0 Å². The first-order valence-corrected chi connectivity index (χ1v) is 5.00. The highest BCUT2D eigenvalue weighted by Crippen LogP contribution is 2.12. The second kappa shape index (κ2) is 3.99. The molecule has 0 aromatic carbocycles. The monoisotopic (exact) mass is 245 g/mol. The van der Waals surface area contributed by atoms with Crippen LogP contribution in [0.15, 0.2) is 4.79 Å². The Morgan fingerprint density at radius 2 is 2.12 bits per heavy atom. The maximum atomic E-state index is 11.8. The van der Waals surface area contributed by atoms with Gasteiger partial charge in [0.25, 0.3) is 0 Å². The van der Waals surface area contributed by atoms with Crippen molar-refractivity contribution < 1.29 is 14.0 Å². The molecule has 0 aliphatic heterocycles. The summed E-state index contributed by atoms with van der Waals surface area (Å²) in [5.41, 5.74) is -3.88. The molecular weight excluding hydrogens is 224 g/mol. The van der Waals surface area contributed by atoms with Crippen LogP contribution in [0, 0.1) is 0 Å². The smallest absolute Gasteiger partial charge is 0.352 e. The van der Waals surface area contributed by atoms with Crippen LogP contribution in [0.3, 0.4) is 0 Å². The molecule has 1 atom stereocenters. The van der Waals surface area contributed by atoms with Gasteiger partial charge in [0.2, 0.25) is 0 Å². The fourth-order valence-electron chi connectivity index (χ4n) is 1.06. The molecule has 1 heterocycles. The summed E-state index contributed by atoms with van der Waals surface area (Å²) in [5, 5.41) is 16.0. The van der Waals surface area contributed by atoms with Crippen molar-refractivity contribution in [3.8, 4) is 0 Å². The lowest BCUT2D eigenvalue weighted by Gasteiger charge is -2.19. The van der Waals surface area contributed by atoms with E-state index < -0.39 is 35.5 Å². The van der Waals surface area contributed by atoms with Gasteiger partial charge in [0.15, 0.2) is 5.82 Å². The van der Waals surface area contributed by atoms with Crippen LogP contribution in [0.4, 0.5) is 4.79 Å². The Labute approximate surface area is 103 Å². The molecule has 0 saturated carbocycles. The summed E-state index contributed by atoms with van der Waals surface area (Å²) < 4.78 is 22.1. The van der Waals surface area contributed by atoms with E-state index in [9.17, 15) is 14.7 Å². The lowest BCUT2D eigenvalue weighted by atomic mass is 10.1. The highest BCUT2D eigenvalue weighted by atomic mass is 16.3. The maximum Gasteiger partial charge on any atom is 0.352 e. The number of hydrogen-bond donors (Lipinski definition) is 3. The second-order valence-corrected chi connectivity index (χ2v) is 4.94. The van der Waals surface area contributed by atoms with Gasteiger partial charge in [-0.25, -0.2) is 9.59 Å². The van der Waals surface area contributed by atoms with Gasteiger partial charge < -0.3 is 10.4 Å². The number of carbonyl (C=O) groups excluding carboxylic acids is 1. The second-order valence-electron chi connectivity index (χ2n) is 4.94. The summed E-state index contributed by atoms with van der Waals surface area (Å²) >= 11 is 0. The van der Waals surface area contributed by atoms with E-state index in [1.165, 1.54) is 0 Å². The van der Waals surface area contributed by atoms with Gasteiger partial charge >= 0.3 is 11.7 Å². The predicted molar refractivity (Wildman–Crippen MR) is 61.8 cm³/mol. The normalized spacial score (nSPS) is 18.8. The Morgan fingerprint density at radius 3 is 2.59 bits per heavy atom. The average Bonchev–Trinajstić information content (AvgIpc) is 2.56. The summed E-state index contributed by atoms with van der Waals surface area (Å²) in [5.74, 6) is -0.494. The molecule has 1 unspecified atom stereocenters. The van der Waals surface area contributed by atoms with Crippen molar-refractivity contribution in [2.24, 2.45) is 0 Å². The Morgan fingerprint density at radius 1 is 1.53 bits per heavy atom. The minimum atomic E-state index is -2.80. The largest absolute Gasteiger partial charge is 0.382 e. The Bertz CT molecular complexity index is 566. The minimum absolute atomic E-state index is 0.445. The number of aromatic amines is 1.